The molecule has 5 nitrogen and oxygen atoms in total. The van der Waals surface area contributed by atoms with Gasteiger partial charge in [-0.2, -0.15) is 0 Å². The fourth-order valence-electron chi connectivity index (χ4n) is 0.955. The van der Waals surface area contributed by atoms with Gasteiger partial charge in [0, 0.05) is 6.54 Å². The predicted octanol–water partition coefficient (Wildman–Crippen LogP) is -0.601. The first-order chi connectivity index (χ1) is 7.53. The van der Waals surface area contributed by atoms with E-state index in [0.29, 0.717) is 6.42 Å². The average molecular weight is 236 g/mol. The number of rotatable bonds is 7. The number of nitrogens with two attached hydrogens (primary N) is 1. The predicted molar refractivity (Wildman–Crippen MR) is 66.3 cm³/mol. The van der Waals surface area contributed by atoms with Gasteiger partial charge in [0.05, 0.1) is 25.4 Å². The molecule has 0 aliphatic rings. The van der Waals surface area contributed by atoms with Crippen molar-refractivity contribution >= 4 is 0 Å². The fraction of sp³-hybridized carbons (Fsp3) is 1.00. The standard InChI is InChI=1S/C6H15NO.C5H13NO2/c1-3-7(4-2)5-6-8;1-2-5(6,3-7)4-8/h8H,3-6H2,1-2H3;7-8H,2-4,6H2,1H3. The minimum atomic E-state index is -0.764. The van der Waals surface area contributed by atoms with Crippen molar-refractivity contribution in [3.63, 3.8) is 0 Å². The van der Waals surface area contributed by atoms with E-state index in [1.54, 1.807) is 0 Å². The Balaban J connectivity index is 0. The lowest BCUT2D eigenvalue weighted by Crippen LogP contribution is -2.46. The summed E-state index contributed by atoms with van der Waals surface area (Å²) in [6.07, 6.45) is 0.597. The topological polar surface area (TPSA) is 90.0 Å². The second-order valence-electron chi connectivity index (χ2n) is 3.78. The molecule has 0 aliphatic carbocycles. The van der Waals surface area contributed by atoms with Gasteiger partial charge in [0.25, 0.3) is 0 Å². The van der Waals surface area contributed by atoms with Crippen molar-refractivity contribution in [1.29, 1.82) is 0 Å². The highest BCUT2D eigenvalue weighted by molar-refractivity contribution is 4.79. The van der Waals surface area contributed by atoms with Gasteiger partial charge in [0.2, 0.25) is 0 Å². The van der Waals surface area contributed by atoms with Crippen LogP contribution in [0, 0.1) is 0 Å². The number of nitrogens with zero attached hydrogens (tertiary/aromatic N) is 1. The monoisotopic (exact) mass is 236 g/mol. The van der Waals surface area contributed by atoms with E-state index >= 15 is 0 Å². The Labute approximate surface area is 98.9 Å². The van der Waals surface area contributed by atoms with Crippen LogP contribution in [0.2, 0.25) is 0 Å². The van der Waals surface area contributed by atoms with E-state index in [1.165, 1.54) is 0 Å². The minimum absolute atomic E-state index is 0.153. The number of hydrogen-bond donors (Lipinski definition) is 4. The SMILES string of the molecule is CCC(N)(CO)CO.CCN(CC)CCO. The van der Waals surface area contributed by atoms with Crippen LogP contribution in [-0.2, 0) is 0 Å². The maximum Gasteiger partial charge on any atom is 0.0633 e. The summed E-state index contributed by atoms with van der Waals surface area (Å²) in [5.74, 6) is 0. The molecular weight excluding hydrogens is 208 g/mol. The van der Waals surface area contributed by atoms with E-state index in [2.05, 4.69) is 18.7 Å². The van der Waals surface area contributed by atoms with Crippen molar-refractivity contribution < 1.29 is 15.3 Å². The van der Waals surface area contributed by atoms with Crippen LogP contribution in [0.1, 0.15) is 27.2 Å². The van der Waals surface area contributed by atoms with Gasteiger partial charge in [0.1, 0.15) is 0 Å². The highest BCUT2D eigenvalue weighted by atomic mass is 16.3. The van der Waals surface area contributed by atoms with Gasteiger partial charge >= 0.3 is 0 Å². The lowest BCUT2D eigenvalue weighted by Gasteiger charge is -2.21. The van der Waals surface area contributed by atoms with Crippen molar-refractivity contribution in [3.05, 3.63) is 0 Å². The molecule has 16 heavy (non-hydrogen) atoms. The first kappa shape index (κ1) is 18.2. The van der Waals surface area contributed by atoms with Gasteiger partial charge in [-0.3, -0.25) is 0 Å². The second kappa shape index (κ2) is 11.3. The van der Waals surface area contributed by atoms with Crippen LogP contribution in [0.25, 0.3) is 0 Å². The molecule has 0 saturated carbocycles. The highest BCUT2D eigenvalue weighted by Crippen LogP contribution is 2.01. The molecule has 0 aliphatic heterocycles. The maximum absolute atomic E-state index is 8.50. The third kappa shape index (κ3) is 9.06. The van der Waals surface area contributed by atoms with Crippen LogP contribution in [0.15, 0.2) is 0 Å². The molecule has 0 fully saturated rings. The first-order valence-corrected chi connectivity index (χ1v) is 5.87. The Morgan fingerprint density at radius 2 is 1.44 bits per heavy atom. The van der Waals surface area contributed by atoms with Crippen molar-refractivity contribution in [3.8, 4) is 0 Å². The third-order valence-electron chi connectivity index (χ3n) is 2.64. The Morgan fingerprint density at radius 1 is 1.00 bits per heavy atom. The summed E-state index contributed by atoms with van der Waals surface area (Å²) in [6, 6.07) is 0. The van der Waals surface area contributed by atoms with E-state index in [9.17, 15) is 0 Å². The van der Waals surface area contributed by atoms with Crippen molar-refractivity contribution in [2.45, 2.75) is 32.7 Å². The summed E-state index contributed by atoms with van der Waals surface area (Å²) in [5.41, 5.74) is 4.63. The highest BCUT2D eigenvalue weighted by Gasteiger charge is 2.19. The third-order valence-corrected chi connectivity index (χ3v) is 2.64. The molecule has 0 heterocycles. The molecular formula is C11H28N2O3. The largest absolute Gasteiger partial charge is 0.395 e. The lowest BCUT2D eigenvalue weighted by molar-refractivity contribution is 0.118. The van der Waals surface area contributed by atoms with Crippen molar-refractivity contribution in [2.24, 2.45) is 5.73 Å². The molecule has 0 aromatic heterocycles. The van der Waals surface area contributed by atoms with E-state index in [-0.39, 0.29) is 19.8 Å². The number of hydrogen-bond acceptors (Lipinski definition) is 5. The number of aliphatic hydroxyl groups is 3. The van der Waals surface area contributed by atoms with Crippen molar-refractivity contribution in [1.82, 2.24) is 4.90 Å². The van der Waals surface area contributed by atoms with Gasteiger partial charge in [-0.1, -0.05) is 20.8 Å². The van der Waals surface area contributed by atoms with Gasteiger partial charge < -0.3 is 26.0 Å². The zero-order chi connectivity index (χ0) is 13.0. The summed E-state index contributed by atoms with van der Waals surface area (Å²) >= 11 is 0. The lowest BCUT2D eigenvalue weighted by atomic mass is 10.0. The molecule has 0 aromatic rings. The number of likely N-dealkylation sites (N-methyl/N-ethyl adjacent to an activating group) is 1. The van der Waals surface area contributed by atoms with Crippen LogP contribution < -0.4 is 5.73 Å². The van der Waals surface area contributed by atoms with Gasteiger partial charge in [-0.15, -0.1) is 0 Å². The van der Waals surface area contributed by atoms with Crippen LogP contribution in [-0.4, -0.2) is 65.2 Å². The molecule has 0 aromatic carbocycles. The second-order valence-corrected chi connectivity index (χ2v) is 3.78. The van der Waals surface area contributed by atoms with Gasteiger partial charge in [-0.05, 0) is 19.5 Å². The fourth-order valence-corrected chi connectivity index (χ4v) is 0.955. The molecule has 0 bridgehead atoms. The van der Waals surface area contributed by atoms with E-state index < -0.39 is 5.54 Å². The molecule has 5 heteroatoms. The Kier molecular flexibility index (Phi) is 12.8. The van der Waals surface area contributed by atoms with Crippen LogP contribution in [0.4, 0.5) is 0 Å². The molecule has 0 radical (unpaired) electrons. The zero-order valence-corrected chi connectivity index (χ0v) is 10.8. The molecule has 0 saturated heterocycles. The van der Waals surface area contributed by atoms with Crippen molar-refractivity contribution in [2.75, 3.05) is 39.5 Å². The maximum atomic E-state index is 8.50. The Morgan fingerprint density at radius 3 is 1.50 bits per heavy atom. The quantitative estimate of drug-likeness (QED) is 0.474. The Bertz CT molecular complexity index is 129. The average Bonchev–Trinajstić information content (AvgIpc) is 2.35. The first-order valence-electron chi connectivity index (χ1n) is 5.87. The molecule has 100 valence electrons. The van der Waals surface area contributed by atoms with Gasteiger partial charge in [0.15, 0.2) is 0 Å². The zero-order valence-electron chi connectivity index (χ0n) is 10.8. The summed E-state index contributed by atoms with van der Waals surface area (Å²) in [6.45, 7) is 8.88. The normalized spacial score (nSPS) is 11.2. The molecule has 5 N–H and O–H groups in total. The van der Waals surface area contributed by atoms with E-state index in [4.69, 9.17) is 21.1 Å². The molecule has 0 amide bonds. The van der Waals surface area contributed by atoms with Gasteiger partial charge in [-0.25, -0.2) is 0 Å². The Hall–Kier alpha value is -0.200. The minimum Gasteiger partial charge on any atom is -0.395 e. The van der Waals surface area contributed by atoms with E-state index in [1.807, 2.05) is 6.92 Å². The van der Waals surface area contributed by atoms with Crippen LogP contribution in [0.3, 0.4) is 0 Å². The molecule has 0 unspecified atom stereocenters. The summed E-state index contributed by atoms with van der Waals surface area (Å²) in [7, 11) is 0. The number of aliphatic hydroxyl groups excluding tert-OH is 3. The summed E-state index contributed by atoms with van der Waals surface area (Å²) < 4.78 is 0. The van der Waals surface area contributed by atoms with E-state index in [0.717, 1.165) is 19.6 Å². The molecule has 0 rings (SSSR count). The van der Waals surface area contributed by atoms with Crippen LogP contribution in [0.5, 0.6) is 0 Å². The molecule has 0 atom stereocenters. The summed E-state index contributed by atoms with van der Waals surface area (Å²) in [5, 5.41) is 25.5. The molecule has 0 spiro atoms. The smallest absolute Gasteiger partial charge is 0.0633 e. The summed E-state index contributed by atoms with van der Waals surface area (Å²) in [4.78, 5) is 2.18. The van der Waals surface area contributed by atoms with Crippen LogP contribution >= 0.6 is 0 Å².